The highest BCUT2D eigenvalue weighted by Crippen LogP contribution is 2.19. The first kappa shape index (κ1) is 14.5. The maximum absolute atomic E-state index is 12.4. The van der Waals surface area contributed by atoms with Crippen LogP contribution in [0.2, 0.25) is 0 Å². The van der Waals surface area contributed by atoms with Gasteiger partial charge >= 0.3 is 5.97 Å². The van der Waals surface area contributed by atoms with Crippen LogP contribution in [0.3, 0.4) is 0 Å². The number of likely N-dealkylation sites (tertiary alicyclic amines) is 1. The fourth-order valence-corrected chi connectivity index (χ4v) is 2.44. The van der Waals surface area contributed by atoms with Crippen molar-refractivity contribution in [3.8, 4) is 0 Å². The molecule has 0 saturated carbocycles. The minimum absolute atomic E-state index is 0.133. The van der Waals surface area contributed by atoms with E-state index in [0.29, 0.717) is 19.4 Å². The number of aliphatic carboxylic acids is 1. The Kier molecular flexibility index (Phi) is 4.36. The van der Waals surface area contributed by atoms with Crippen molar-refractivity contribution in [2.45, 2.75) is 25.8 Å². The summed E-state index contributed by atoms with van der Waals surface area (Å²) in [6.07, 6.45) is 0.0371. The van der Waals surface area contributed by atoms with Crippen molar-refractivity contribution in [3.63, 3.8) is 0 Å². The van der Waals surface area contributed by atoms with Crippen LogP contribution >= 0.6 is 0 Å². The summed E-state index contributed by atoms with van der Waals surface area (Å²) >= 11 is 0. The second-order valence-corrected chi connectivity index (χ2v) is 4.87. The first-order valence-electron chi connectivity index (χ1n) is 6.44. The van der Waals surface area contributed by atoms with Crippen molar-refractivity contribution in [3.05, 3.63) is 24.0 Å². The molecule has 1 aromatic heterocycles. The lowest BCUT2D eigenvalue weighted by atomic mass is 9.98. The Morgan fingerprint density at radius 2 is 2.20 bits per heavy atom. The zero-order valence-electron chi connectivity index (χ0n) is 10.8. The summed E-state index contributed by atoms with van der Waals surface area (Å²) in [5, 5.41) is 9.00. The lowest BCUT2D eigenvalue weighted by molar-refractivity contribution is -0.143. The Labute approximate surface area is 114 Å². The van der Waals surface area contributed by atoms with E-state index in [1.54, 1.807) is 0 Å². The van der Waals surface area contributed by atoms with Crippen LogP contribution in [0.1, 0.15) is 23.3 Å². The first-order valence-corrected chi connectivity index (χ1v) is 6.44. The number of nitrogens with zero attached hydrogens (tertiary/aromatic N) is 2. The van der Waals surface area contributed by atoms with Gasteiger partial charge in [-0.05, 0) is 25.0 Å². The maximum atomic E-state index is 12.4. The zero-order valence-corrected chi connectivity index (χ0v) is 10.8. The Morgan fingerprint density at radius 3 is 2.85 bits per heavy atom. The molecule has 0 aliphatic carbocycles. The molecule has 0 radical (unpaired) electrons. The molecule has 7 heteroatoms. The molecular weight excluding hydrogens is 270 g/mol. The summed E-state index contributed by atoms with van der Waals surface area (Å²) in [5.74, 6) is -1.89. The number of rotatable bonds is 4. The van der Waals surface area contributed by atoms with Gasteiger partial charge in [-0.2, -0.15) is 0 Å². The molecule has 2 heterocycles. The number of aromatic nitrogens is 1. The van der Waals surface area contributed by atoms with Gasteiger partial charge in [0.25, 0.3) is 12.3 Å². The predicted molar refractivity (Wildman–Crippen MR) is 66.7 cm³/mol. The molecule has 20 heavy (non-hydrogen) atoms. The number of hydrogen-bond donors (Lipinski definition) is 1. The fraction of sp³-hybridized carbons (Fsp3) is 0.538. The van der Waals surface area contributed by atoms with E-state index in [4.69, 9.17) is 5.11 Å². The van der Waals surface area contributed by atoms with Crippen molar-refractivity contribution in [1.29, 1.82) is 0 Å². The van der Waals surface area contributed by atoms with Crippen molar-refractivity contribution in [1.82, 2.24) is 9.47 Å². The Bertz CT molecular complexity index is 502. The van der Waals surface area contributed by atoms with E-state index in [9.17, 15) is 18.4 Å². The van der Waals surface area contributed by atoms with Gasteiger partial charge in [-0.15, -0.1) is 0 Å². The van der Waals surface area contributed by atoms with E-state index in [-0.39, 0.29) is 18.1 Å². The lowest BCUT2D eigenvalue weighted by Crippen LogP contribution is -2.43. The van der Waals surface area contributed by atoms with Gasteiger partial charge in [0.2, 0.25) is 0 Å². The highest BCUT2D eigenvalue weighted by molar-refractivity contribution is 5.93. The molecular formula is C13H16F2N2O3. The molecule has 0 bridgehead atoms. The molecule has 0 spiro atoms. The topological polar surface area (TPSA) is 62.5 Å². The molecule has 110 valence electrons. The molecule has 5 nitrogen and oxygen atoms in total. The largest absolute Gasteiger partial charge is 0.481 e. The third-order valence-electron chi connectivity index (χ3n) is 3.44. The standard InChI is InChI=1S/C13H16F2N2O3/c14-11(15)8-16-5-2-4-10(16)12(18)17-6-1-3-9(7-17)13(19)20/h2,4-5,9,11H,1,3,6-8H2,(H,19,20). The van der Waals surface area contributed by atoms with Crippen LogP contribution in [-0.2, 0) is 11.3 Å². The SMILES string of the molecule is O=C(O)C1CCCN(C(=O)c2cccn2CC(F)F)C1. The highest BCUT2D eigenvalue weighted by atomic mass is 19.3. The van der Waals surface area contributed by atoms with E-state index in [1.165, 1.54) is 27.8 Å². The quantitative estimate of drug-likeness (QED) is 0.916. The second kappa shape index (κ2) is 6.02. The number of carboxylic acids is 1. The molecule has 1 unspecified atom stereocenters. The van der Waals surface area contributed by atoms with Gasteiger partial charge in [0.15, 0.2) is 0 Å². The number of halogens is 2. The monoisotopic (exact) mass is 286 g/mol. The van der Waals surface area contributed by atoms with E-state index in [1.807, 2.05) is 0 Å². The smallest absolute Gasteiger partial charge is 0.308 e. The van der Waals surface area contributed by atoms with Crippen LogP contribution in [0.25, 0.3) is 0 Å². The summed E-state index contributed by atoms with van der Waals surface area (Å²) in [4.78, 5) is 24.7. The molecule has 1 amide bonds. The average molecular weight is 286 g/mol. The molecule has 1 fully saturated rings. The van der Waals surface area contributed by atoms with Crippen molar-refractivity contribution < 1.29 is 23.5 Å². The van der Waals surface area contributed by atoms with Crippen LogP contribution in [0.15, 0.2) is 18.3 Å². The molecule has 1 aromatic rings. The van der Waals surface area contributed by atoms with Gasteiger partial charge in [-0.1, -0.05) is 0 Å². The summed E-state index contributed by atoms with van der Waals surface area (Å²) in [5.41, 5.74) is 0.177. The van der Waals surface area contributed by atoms with E-state index < -0.39 is 24.9 Å². The van der Waals surface area contributed by atoms with Crippen LogP contribution in [0.4, 0.5) is 8.78 Å². The number of carbonyl (C=O) groups is 2. The Hall–Kier alpha value is -1.92. The minimum atomic E-state index is -2.54. The Morgan fingerprint density at radius 1 is 1.45 bits per heavy atom. The molecule has 1 saturated heterocycles. The number of carboxylic acid groups (broad SMARTS) is 1. The summed E-state index contributed by atoms with van der Waals surface area (Å²) in [6.45, 7) is 0.0563. The number of carbonyl (C=O) groups excluding carboxylic acids is 1. The van der Waals surface area contributed by atoms with Crippen LogP contribution in [0.5, 0.6) is 0 Å². The summed E-state index contributed by atoms with van der Waals surface area (Å²) in [6, 6.07) is 3.02. The van der Waals surface area contributed by atoms with Gasteiger partial charge in [0.1, 0.15) is 5.69 Å². The van der Waals surface area contributed by atoms with Crippen molar-refractivity contribution in [2.75, 3.05) is 13.1 Å². The van der Waals surface area contributed by atoms with Gasteiger partial charge in [0, 0.05) is 19.3 Å². The minimum Gasteiger partial charge on any atom is -0.481 e. The fourth-order valence-electron chi connectivity index (χ4n) is 2.44. The third-order valence-corrected chi connectivity index (χ3v) is 3.44. The third kappa shape index (κ3) is 3.15. The van der Waals surface area contributed by atoms with Crippen molar-refractivity contribution in [2.24, 2.45) is 5.92 Å². The maximum Gasteiger partial charge on any atom is 0.308 e. The second-order valence-electron chi connectivity index (χ2n) is 4.87. The Balaban J connectivity index is 2.11. The van der Waals surface area contributed by atoms with Gasteiger partial charge in [-0.3, -0.25) is 9.59 Å². The average Bonchev–Trinajstić information content (AvgIpc) is 2.85. The van der Waals surface area contributed by atoms with E-state index in [0.717, 1.165) is 0 Å². The van der Waals surface area contributed by atoms with E-state index >= 15 is 0 Å². The number of amides is 1. The molecule has 1 aliphatic heterocycles. The molecule has 1 atom stereocenters. The number of alkyl halides is 2. The van der Waals surface area contributed by atoms with Gasteiger partial charge in [0.05, 0.1) is 12.5 Å². The normalized spacial score (nSPS) is 19.4. The highest BCUT2D eigenvalue weighted by Gasteiger charge is 2.29. The summed E-state index contributed by atoms with van der Waals surface area (Å²) < 4.78 is 26.1. The van der Waals surface area contributed by atoms with Gasteiger partial charge < -0.3 is 14.6 Å². The molecule has 1 N–H and O–H groups in total. The number of hydrogen-bond acceptors (Lipinski definition) is 2. The van der Waals surface area contributed by atoms with Crippen LogP contribution < -0.4 is 0 Å². The van der Waals surface area contributed by atoms with Crippen molar-refractivity contribution >= 4 is 11.9 Å². The number of piperidine rings is 1. The first-order chi connectivity index (χ1) is 9.49. The van der Waals surface area contributed by atoms with Gasteiger partial charge in [-0.25, -0.2) is 8.78 Å². The molecule has 2 rings (SSSR count). The lowest BCUT2D eigenvalue weighted by Gasteiger charge is -2.30. The summed E-state index contributed by atoms with van der Waals surface area (Å²) in [7, 11) is 0. The predicted octanol–water partition coefficient (Wildman–Crippen LogP) is 1.69. The molecule has 1 aliphatic rings. The van der Waals surface area contributed by atoms with Crippen LogP contribution in [-0.4, -0.2) is 46.0 Å². The van der Waals surface area contributed by atoms with Crippen LogP contribution in [0, 0.1) is 5.92 Å². The van der Waals surface area contributed by atoms with E-state index in [2.05, 4.69) is 0 Å². The molecule has 0 aromatic carbocycles. The zero-order chi connectivity index (χ0) is 14.7.